The molecule has 0 unspecified atom stereocenters. The van der Waals surface area contributed by atoms with Gasteiger partial charge in [-0.25, -0.2) is 15.0 Å². The summed E-state index contributed by atoms with van der Waals surface area (Å²) in [5.74, 6) is 1.79. The van der Waals surface area contributed by atoms with Crippen molar-refractivity contribution in [2.24, 2.45) is 0 Å². The van der Waals surface area contributed by atoms with E-state index in [1.165, 1.54) is 32.6 Å². The molecule has 5 heteroatoms. The predicted octanol–water partition coefficient (Wildman–Crippen LogP) is 11.0. The Balaban J connectivity index is 1.16. The van der Waals surface area contributed by atoms with Crippen LogP contribution in [0.5, 0.6) is 0 Å². The van der Waals surface area contributed by atoms with E-state index in [0.717, 1.165) is 44.3 Å². The quantitative estimate of drug-likeness (QED) is 0.198. The third-order valence-corrected chi connectivity index (χ3v) is 9.26. The zero-order chi connectivity index (χ0) is 31.6. The van der Waals surface area contributed by atoms with Gasteiger partial charge in [0.15, 0.2) is 17.5 Å². The van der Waals surface area contributed by atoms with Crippen molar-refractivity contribution in [2.45, 2.75) is 0 Å². The Morgan fingerprint density at radius 2 is 1.06 bits per heavy atom. The van der Waals surface area contributed by atoms with E-state index in [4.69, 9.17) is 19.4 Å². The number of hydrogen-bond acceptors (Lipinski definition) is 4. The van der Waals surface area contributed by atoms with Gasteiger partial charge in [-0.05, 0) is 47.9 Å². The molecular formula is C43H26N4O. The van der Waals surface area contributed by atoms with Gasteiger partial charge in [0.2, 0.25) is 0 Å². The van der Waals surface area contributed by atoms with E-state index < -0.39 is 0 Å². The number of nitrogens with zero attached hydrogens (tertiary/aromatic N) is 4. The molecular weight excluding hydrogens is 589 g/mol. The van der Waals surface area contributed by atoms with Gasteiger partial charge >= 0.3 is 0 Å². The van der Waals surface area contributed by atoms with Crippen LogP contribution in [0.4, 0.5) is 0 Å². The molecule has 0 saturated carbocycles. The minimum absolute atomic E-state index is 0.571. The monoisotopic (exact) mass is 614 g/mol. The van der Waals surface area contributed by atoms with E-state index in [1.807, 2.05) is 60.7 Å². The van der Waals surface area contributed by atoms with Gasteiger partial charge in [-0.15, -0.1) is 0 Å². The third-order valence-electron chi connectivity index (χ3n) is 9.26. The Labute approximate surface area is 275 Å². The van der Waals surface area contributed by atoms with Crippen molar-refractivity contribution >= 4 is 54.5 Å². The van der Waals surface area contributed by atoms with Crippen LogP contribution in [0.2, 0.25) is 0 Å². The fourth-order valence-electron chi connectivity index (χ4n) is 7.02. The molecule has 0 fully saturated rings. The summed E-state index contributed by atoms with van der Waals surface area (Å²) >= 11 is 0. The molecule has 0 amide bonds. The number of fused-ring (bicyclic) bond motifs is 8. The van der Waals surface area contributed by atoms with E-state index in [2.05, 4.69) is 102 Å². The van der Waals surface area contributed by atoms with Crippen LogP contribution in [0, 0.1) is 0 Å². The van der Waals surface area contributed by atoms with E-state index >= 15 is 0 Å². The van der Waals surface area contributed by atoms with Crippen molar-refractivity contribution in [3.8, 4) is 39.9 Å². The summed E-state index contributed by atoms with van der Waals surface area (Å²) in [7, 11) is 0. The topological polar surface area (TPSA) is 56.7 Å². The van der Waals surface area contributed by atoms with Gasteiger partial charge in [0.05, 0.1) is 16.6 Å². The number of para-hydroxylation sites is 3. The molecule has 3 heterocycles. The van der Waals surface area contributed by atoms with Crippen LogP contribution in [-0.2, 0) is 0 Å². The highest BCUT2D eigenvalue weighted by molar-refractivity contribution is 6.18. The maximum absolute atomic E-state index is 6.38. The molecule has 10 aromatic rings. The van der Waals surface area contributed by atoms with E-state index in [9.17, 15) is 0 Å². The van der Waals surface area contributed by atoms with Crippen LogP contribution in [-0.4, -0.2) is 19.5 Å². The third kappa shape index (κ3) is 4.08. The van der Waals surface area contributed by atoms with E-state index in [-0.39, 0.29) is 0 Å². The van der Waals surface area contributed by atoms with Crippen LogP contribution in [0.15, 0.2) is 162 Å². The Morgan fingerprint density at radius 3 is 1.90 bits per heavy atom. The molecule has 0 spiro atoms. The average molecular weight is 615 g/mol. The maximum Gasteiger partial charge on any atom is 0.167 e. The summed E-state index contributed by atoms with van der Waals surface area (Å²) in [6, 6.07) is 54.5. The lowest BCUT2D eigenvalue weighted by atomic mass is 10.1. The molecule has 5 nitrogen and oxygen atoms in total. The van der Waals surface area contributed by atoms with Crippen molar-refractivity contribution < 1.29 is 4.42 Å². The predicted molar refractivity (Wildman–Crippen MR) is 195 cm³/mol. The first kappa shape index (κ1) is 26.6. The molecule has 0 atom stereocenters. The highest BCUT2D eigenvalue weighted by atomic mass is 16.3. The summed E-state index contributed by atoms with van der Waals surface area (Å²) < 4.78 is 8.75. The van der Waals surface area contributed by atoms with Gasteiger partial charge in [0.25, 0.3) is 0 Å². The Hall–Kier alpha value is -6.59. The second kappa shape index (κ2) is 10.5. The van der Waals surface area contributed by atoms with Crippen LogP contribution in [0.3, 0.4) is 0 Å². The first-order chi connectivity index (χ1) is 23.8. The lowest BCUT2D eigenvalue weighted by Gasteiger charge is -2.12. The first-order valence-electron chi connectivity index (χ1n) is 16.0. The minimum Gasteiger partial charge on any atom is -0.455 e. The van der Waals surface area contributed by atoms with Crippen LogP contribution in [0.1, 0.15) is 0 Å². The minimum atomic E-state index is 0.571. The summed E-state index contributed by atoms with van der Waals surface area (Å²) in [6.45, 7) is 0. The number of rotatable bonds is 4. The first-order valence-corrected chi connectivity index (χ1v) is 16.0. The summed E-state index contributed by atoms with van der Waals surface area (Å²) in [6.07, 6.45) is 0. The molecule has 3 aromatic heterocycles. The fourth-order valence-corrected chi connectivity index (χ4v) is 7.02. The number of hydrogen-bond donors (Lipinski definition) is 0. The molecule has 48 heavy (non-hydrogen) atoms. The maximum atomic E-state index is 6.38. The second-order valence-electron chi connectivity index (χ2n) is 12.0. The van der Waals surface area contributed by atoms with Crippen molar-refractivity contribution in [3.63, 3.8) is 0 Å². The van der Waals surface area contributed by atoms with Crippen molar-refractivity contribution in [3.05, 3.63) is 158 Å². The molecule has 7 aromatic carbocycles. The number of aromatic nitrogens is 4. The number of furan rings is 1. The Morgan fingerprint density at radius 1 is 0.417 bits per heavy atom. The van der Waals surface area contributed by atoms with Crippen molar-refractivity contribution in [1.29, 1.82) is 0 Å². The molecule has 224 valence electrons. The standard InChI is InChI=1S/C43H26N4O/c1-2-12-28(13-3-1)41-44-42(46-43(45-41)36-18-10-17-35-33-16-7-9-20-38(33)48-40(35)36)29-21-24-30(25-22-29)47-37-19-8-6-15-32(37)34-26-23-27-11-4-5-14-31(27)39(34)47/h1-26H. The number of benzene rings is 7. The van der Waals surface area contributed by atoms with Gasteiger partial charge in [0.1, 0.15) is 11.2 Å². The van der Waals surface area contributed by atoms with Gasteiger partial charge < -0.3 is 8.98 Å². The highest BCUT2D eigenvalue weighted by Gasteiger charge is 2.19. The molecule has 10 rings (SSSR count). The summed E-state index contributed by atoms with van der Waals surface area (Å²) in [5, 5.41) is 7.02. The molecule has 0 aliphatic rings. The summed E-state index contributed by atoms with van der Waals surface area (Å²) in [5.41, 5.74) is 7.72. The van der Waals surface area contributed by atoms with Gasteiger partial charge in [-0.2, -0.15) is 0 Å². The largest absolute Gasteiger partial charge is 0.455 e. The highest BCUT2D eigenvalue weighted by Crippen LogP contribution is 2.38. The van der Waals surface area contributed by atoms with E-state index in [0.29, 0.717) is 17.5 Å². The average Bonchev–Trinajstić information content (AvgIpc) is 3.71. The lowest BCUT2D eigenvalue weighted by Crippen LogP contribution is -2.01. The smallest absolute Gasteiger partial charge is 0.167 e. The van der Waals surface area contributed by atoms with Gasteiger partial charge in [-0.3, -0.25) is 0 Å². The van der Waals surface area contributed by atoms with E-state index in [1.54, 1.807) is 0 Å². The molecule has 0 aliphatic heterocycles. The molecule has 0 bridgehead atoms. The fraction of sp³-hybridized carbons (Fsp3) is 0. The van der Waals surface area contributed by atoms with Crippen LogP contribution < -0.4 is 0 Å². The molecule has 0 N–H and O–H groups in total. The normalized spacial score (nSPS) is 11.8. The van der Waals surface area contributed by atoms with Crippen LogP contribution >= 0.6 is 0 Å². The molecule has 0 saturated heterocycles. The SMILES string of the molecule is c1ccc(-c2nc(-c3ccc(-n4c5ccccc5c5ccc6ccccc6c54)cc3)nc(-c3cccc4c3oc3ccccc34)n2)cc1. The zero-order valence-electron chi connectivity index (χ0n) is 25.7. The van der Waals surface area contributed by atoms with Crippen molar-refractivity contribution in [2.75, 3.05) is 0 Å². The lowest BCUT2D eigenvalue weighted by molar-refractivity contribution is 0.669. The second-order valence-corrected chi connectivity index (χ2v) is 12.0. The molecule has 0 radical (unpaired) electrons. The van der Waals surface area contributed by atoms with Crippen LogP contribution in [0.25, 0.3) is 94.4 Å². The Bertz CT molecular complexity index is 2830. The Kier molecular flexibility index (Phi) is 5.81. The van der Waals surface area contributed by atoms with Crippen molar-refractivity contribution in [1.82, 2.24) is 19.5 Å². The van der Waals surface area contributed by atoms with Gasteiger partial charge in [0, 0.05) is 43.7 Å². The summed E-state index contributed by atoms with van der Waals surface area (Å²) in [4.78, 5) is 15.0. The zero-order valence-corrected chi connectivity index (χ0v) is 25.7. The van der Waals surface area contributed by atoms with Gasteiger partial charge in [-0.1, -0.05) is 115 Å². The molecule has 0 aliphatic carbocycles.